The number of rotatable bonds is 2. The lowest BCUT2D eigenvalue weighted by Gasteiger charge is -2.49. The molecule has 1 spiro atoms. The average molecular weight is 503 g/mol. The number of halogens is 5. The maximum Gasteiger partial charge on any atom is 0.416 e. The minimum absolute atomic E-state index is 0.431. The van der Waals surface area contributed by atoms with E-state index in [4.69, 9.17) is 11.6 Å². The normalized spacial score (nSPS) is 25.8. The third-order valence-electron chi connectivity index (χ3n) is 6.99. The van der Waals surface area contributed by atoms with Crippen LogP contribution in [0.2, 0.25) is 5.02 Å². The summed E-state index contributed by atoms with van der Waals surface area (Å²) >= 11 is 5.94. The van der Waals surface area contributed by atoms with Crippen LogP contribution in [0.1, 0.15) is 41.1 Å². The molecule has 3 aromatic rings. The van der Waals surface area contributed by atoms with Gasteiger partial charge in [-0.05, 0) is 34.9 Å². The summed E-state index contributed by atoms with van der Waals surface area (Å²) in [6.45, 7) is 1.48. The van der Waals surface area contributed by atoms with E-state index in [9.17, 15) is 22.8 Å². The maximum absolute atomic E-state index is 15.6. The molecule has 0 aliphatic carbocycles. The zero-order valence-corrected chi connectivity index (χ0v) is 19.0. The summed E-state index contributed by atoms with van der Waals surface area (Å²) in [5.41, 5.74) is -1.76. The summed E-state index contributed by atoms with van der Waals surface area (Å²) in [6.07, 6.45) is -4.81. The number of anilines is 1. The lowest BCUT2D eigenvalue weighted by atomic mass is 9.56. The highest BCUT2D eigenvalue weighted by Crippen LogP contribution is 2.59. The number of hydrogen-bond acceptors (Lipinski definition) is 2. The number of amides is 2. The number of alkyl halides is 3. The van der Waals surface area contributed by atoms with Crippen LogP contribution >= 0.6 is 11.6 Å². The molecule has 2 N–H and O–H groups in total. The van der Waals surface area contributed by atoms with E-state index in [0.29, 0.717) is 28.9 Å². The molecule has 2 amide bonds. The molecular formula is C26H19ClF4N2O2. The van der Waals surface area contributed by atoms with Crippen molar-refractivity contribution in [2.75, 3.05) is 5.32 Å². The number of carbonyl (C=O) groups is 2. The van der Waals surface area contributed by atoms with Crippen molar-refractivity contribution in [1.29, 1.82) is 0 Å². The fourth-order valence-electron chi connectivity index (χ4n) is 5.52. The molecule has 5 rings (SSSR count). The first-order valence-electron chi connectivity index (χ1n) is 10.9. The van der Waals surface area contributed by atoms with Crippen molar-refractivity contribution in [3.05, 3.63) is 99.8 Å². The standard InChI is InChI=1S/C26H19ClF4N2O2/c1-13-20(16-11-15(26(29,30)31)12-18(27)21(16)28)25(17-9-5-6-10-19(17)32-24(25)35)22(33-23(13)34)14-7-3-2-4-8-14/h2-13,20,22H,1H3,(H,32,35)(H,33,34)/t13-,20-,22+,25-/m0/s1. The summed E-state index contributed by atoms with van der Waals surface area (Å²) in [6, 6.07) is 15.6. The Kier molecular flexibility index (Phi) is 5.40. The van der Waals surface area contributed by atoms with Crippen LogP contribution in [0.25, 0.3) is 0 Å². The van der Waals surface area contributed by atoms with E-state index < -0.39 is 63.3 Å². The zero-order valence-electron chi connectivity index (χ0n) is 18.3. The van der Waals surface area contributed by atoms with Crippen molar-refractivity contribution in [1.82, 2.24) is 5.32 Å². The van der Waals surface area contributed by atoms with Crippen molar-refractivity contribution in [3.63, 3.8) is 0 Å². The van der Waals surface area contributed by atoms with E-state index in [1.54, 1.807) is 54.6 Å². The molecule has 180 valence electrons. The first-order valence-corrected chi connectivity index (χ1v) is 11.3. The van der Waals surface area contributed by atoms with E-state index in [2.05, 4.69) is 10.6 Å². The fourth-order valence-corrected chi connectivity index (χ4v) is 5.74. The first kappa shape index (κ1) is 23.4. The van der Waals surface area contributed by atoms with E-state index in [1.807, 2.05) is 0 Å². The summed E-state index contributed by atoms with van der Waals surface area (Å²) < 4.78 is 56.7. The monoisotopic (exact) mass is 502 g/mol. The van der Waals surface area contributed by atoms with Gasteiger partial charge in [0.2, 0.25) is 11.8 Å². The number of carbonyl (C=O) groups excluding carboxylic acids is 2. The highest BCUT2D eigenvalue weighted by molar-refractivity contribution is 6.31. The predicted molar refractivity (Wildman–Crippen MR) is 122 cm³/mol. The molecule has 2 heterocycles. The smallest absolute Gasteiger partial charge is 0.348 e. The molecule has 4 nitrogen and oxygen atoms in total. The zero-order chi connectivity index (χ0) is 25.1. The molecule has 1 saturated heterocycles. The molecular weight excluding hydrogens is 484 g/mol. The van der Waals surface area contributed by atoms with Gasteiger partial charge in [0.25, 0.3) is 0 Å². The number of hydrogen-bond donors (Lipinski definition) is 2. The van der Waals surface area contributed by atoms with Gasteiger partial charge >= 0.3 is 6.18 Å². The van der Waals surface area contributed by atoms with Crippen LogP contribution in [0, 0.1) is 11.7 Å². The Morgan fingerprint density at radius 1 is 0.971 bits per heavy atom. The van der Waals surface area contributed by atoms with Crippen LogP contribution in [-0.4, -0.2) is 11.8 Å². The number of para-hydroxylation sites is 1. The SMILES string of the molecule is C[C@@H]1C(=O)N[C@H](c2ccccc2)[C@@]2(C(=O)Nc3ccccc32)[C@@H]1c1cc(C(F)(F)F)cc(Cl)c1F. The van der Waals surface area contributed by atoms with Crippen LogP contribution < -0.4 is 10.6 Å². The number of fused-ring (bicyclic) bond motifs is 2. The maximum atomic E-state index is 15.6. The van der Waals surface area contributed by atoms with Gasteiger partial charge in [-0.1, -0.05) is 67.1 Å². The molecule has 0 bridgehead atoms. The van der Waals surface area contributed by atoms with Gasteiger partial charge in [-0.15, -0.1) is 0 Å². The Labute approximate surface area is 203 Å². The molecule has 2 aliphatic rings. The van der Waals surface area contributed by atoms with E-state index >= 15 is 4.39 Å². The highest BCUT2D eigenvalue weighted by atomic mass is 35.5. The molecule has 0 aromatic heterocycles. The first-order chi connectivity index (χ1) is 16.6. The number of piperidine rings is 1. The lowest BCUT2D eigenvalue weighted by Crippen LogP contribution is -2.60. The highest BCUT2D eigenvalue weighted by Gasteiger charge is 2.63. The second-order valence-corrected chi connectivity index (χ2v) is 9.25. The Bertz CT molecular complexity index is 1340. The van der Waals surface area contributed by atoms with E-state index in [-0.39, 0.29) is 0 Å². The van der Waals surface area contributed by atoms with Gasteiger partial charge in [-0.25, -0.2) is 4.39 Å². The fraction of sp³-hybridized carbons (Fsp3) is 0.231. The topological polar surface area (TPSA) is 58.2 Å². The minimum atomic E-state index is -4.81. The average Bonchev–Trinajstić information content (AvgIpc) is 3.11. The second kappa shape index (κ2) is 8.09. The quantitative estimate of drug-likeness (QED) is 0.424. The van der Waals surface area contributed by atoms with Gasteiger partial charge < -0.3 is 10.6 Å². The van der Waals surface area contributed by atoms with Gasteiger partial charge in [0.05, 0.1) is 16.6 Å². The largest absolute Gasteiger partial charge is 0.416 e. The lowest BCUT2D eigenvalue weighted by molar-refractivity contribution is -0.137. The molecule has 1 fully saturated rings. The molecule has 3 aromatic carbocycles. The minimum Gasteiger partial charge on any atom is -0.348 e. The Morgan fingerprint density at radius 2 is 1.63 bits per heavy atom. The van der Waals surface area contributed by atoms with Crippen molar-refractivity contribution < 1.29 is 27.2 Å². The van der Waals surface area contributed by atoms with Crippen molar-refractivity contribution in [2.24, 2.45) is 5.92 Å². The molecule has 9 heteroatoms. The van der Waals surface area contributed by atoms with Gasteiger partial charge in [-0.2, -0.15) is 13.2 Å². The summed E-state index contributed by atoms with van der Waals surface area (Å²) in [7, 11) is 0. The Balaban J connectivity index is 1.87. The van der Waals surface area contributed by atoms with Crippen LogP contribution in [0.15, 0.2) is 66.7 Å². The van der Waals surface area contributed by atoms with Gasteiger partial charge in [0, 0.05) is 17.5 Å². The number of benzene rings is 3. The summed E-state index contributed by atoms with van der Waals surface area (Å²) in [5.74, 6) is -4.49. The van der Waals surface area contributed by atoms with Crippen LogP contribution in [0.5, 0.6) is 0 Å². The molecule has 35 heavy (non-hydrogen) atoms. The second-order valence-electron chi connectivity index (χ2n) is 8.85. The molecule has 0 unspecified atom stereocenters. The van der Waals surface area contributed by atoms with Gasteiger partial charge in [0.1, 0.15) is 11.2 Å². The van der Waals surface area contributed by atoms with Crippen LogP contribution in [-0.2, 0) is 21.2 Å². The van der Waals surface area contributed by atoms with Crippen LogP contribution in [0.3, 0.4) is 0 Å². The summed E-state index contributed by atoms with van der Waals surface area (Å²) in [5, 5.41) is 4.96. The molecule has 0 radical (unpaired) electrons. The Hall–Kier alpha value is -3.39. The summed E-state index contributed by atoms with van der Waals surface area (Å²) in [4.78, 5) is 27.0. The predicted octanol–water partition coefficient (Wildman–Crippen LogP) is 5.98. The third-order valence-corrected chi connectivity index (χ3v) is 7.27. The molecule has 0 saturated carbocycles. The van der Waals surface area contributed by atoms with Gasteiger partial charge in [-0.3, -0.25) is 9.59 Å². The van der Waals surface area contributed by atoms with E-state index in [1.165, 1.54) is 6.92 Å². The third kappa shape index (κ3) is 3.42. The van der Waals surface area contributed by atoms with Crippen LogP contribution in [0.4, 0.5) is 23.2 Å². The Morgan fingerprint density at radius 3 is 2.31 bits per heavy atom. The molecule has 4 atom stereocenters. The van der Waals surface area contributed by atoms with Crippen molar-refractivity contribution in [2.45, 2.75) is 30.5 Å². The van der Waals surface area contributed by atoms with Crippen molar-refractivity contribution in [3.8, 4) is 0 Å². The van der Waals surface area contributed by atoms with Gasteiger partial charge in [0.15, 0.2) is 0 Å². The van der Waals surface area contributed by atoms with E-state index in [0.717, 1.165) is 0 Å². The molecule has 2 aliphatic heterocycles. The van der Waals surface area contributed by atoms with Crippen molar-refractivity contribution >= 4 is 29.1 Å². The number of nitrogens with one attached hydrogen (secondary N) is 2.